The van der Waals surface area contributed by atoms with Crippen LogP contribution in [-0.4, -0.2) is 18.8 Å². The first kappa shape index (κ1) is 13.1. The molecule has 0 bridgehead atoms. The molecule has 0 spiro atoms. The Labute approximate surface area is 107 Å². The van der Waals surface area contributed by atoms with Crippen LogP contribution in [0.4, 0.5) is 4.39 Å². The van der Waals surface area contributed by atoms with Crippen LogP contribution in [-0.2, 0) is 5.41 Å². The number of nitrogens with two attached hydrogens (primary N) is 1. The Morgan fingerprint density at radius 3 is 2.56 bits per heavy atom. The molecule has 0 atom stereocenters. The minimum atomic E-state index is -0.441. The molecule has 100 valence electrons. The molecule has 18 heavy (non-hydrogen) atoms. The average Bonchev–Trinajstić information content (AvgIpc) is 2.41. The van der Waals surface area contributed by atoms with Gasteiger partial charge in [-0.3, -0.25) is 0 Å². The number of rotatable bonds is 3. The van der Waals surface area contributed by atoms with Gasteiger partial charge in [0, 0.05) is 23.6 Å². The first-order valence-corrected chi connectivity index (χ1v) is 6.40. The van der Waals surface area contributed by atoms with Crippen molar-refractivity contribution in [3.8, 4) is 11.5 Å². The molecule has 0 heterocycles. The molecular weight excluding hydrogens is 233 g/mol. The predicted octanol–water partition coefficient (Wildman–Crippen LogP) is 2.70. The molecule has 1 saturated carbocycles. The Morgan fingerprint density at radius 1 is 1.33 bits per heavy atom. The fourth-order valence-electron chi connectivity index (χ4n) is 2.94. The Morgan fingerprint density at radius 2 is 2.00 bits per heavy atom. The standard InChI is InChI=1S/C14H20FNO2/c1-18-13-8-12(17)10(7-11(13)15)14(9-16)5-3-2-4-6-14/h7-8,17H,2-6,9,16H2,1H3. The van der Waals surface area contributed by atoms with Gasteiger partial charge in [-0.2, -0.15) is 0 Å². The number of halogens is 1. The van der Waals surface area contributed by atoms with Crippen molar-refractivity contribution >= 4 is 0 Å². The van der Waals surface area contributed by atoms with E-state index in [1.54, 1.807) is 0 Å². The first-order chi connectivity index (χ1) is 8.63. The van der Waals surface area contributed by atoms with E-state index >= 15 is 0 Å². The van der Waals surface area contributed by atoms with Crippen LogP contribution in [0.1, 0.15) is 37.7 Å². The molecule has 3 N–H and O–H groups in total. The first-order valence-electron chi connectivity index (χ1n) is 6.40. The number of hydrogen-bond donors (Lipinski definition) is 2. The molecule has 1 aliphatic rings. The van der Waals surface area contributed by atoms with Gasteiger partial charge in [0.05, 0.1) is 7.11 Å². The van der Waals surface area contributed by atoms with Crippen LogP contribution in [0, 0.1) is 5.82 Å². The lowest BCUT2D eigenvalue weighted by molar-refractivity contribution is 0.288. The highest BCUT2D eigenvalue weighted by Crippen LogP contribution is 2.43. The highest BCUT2D eigenvalue weighted by Gasteiger charge is 2.35. The van der Waals surface area contributed by atoms with Crippen LogP contribution in [0.5, 0.6) is 11.5 Å². The van der Waals surface area contributed by atoms with E-state index in [4.69, 9.17) is 10.5 Å². The molecule has 4 heteroatoms. The van der Waals surface area contributed by atoms with Crippen LogP contribution in [0.15, 0.2) is 12.1 Å². The van der Waals surface area contributed by atoms with Crippen molar-refractivity contribution in [3.63, 3.8) is 0 Å². The minimum Gasteiger partial charge on any atom is -0.508 e. The zero-order valence-corrected chi connectivity index (χ0v) is 10.7. The van der Waals surface area contributed by atoms with Gasteiger partial charge in [0.2, 0.25) is 0 Å². The summed E-state index contributed by atoms with van der Waals surface area (Å²) in [5, 5.41) is 10.1. The average molecular weight is 253 g/mol. The maximum atomic E-state index is 13.8. The van der Waals surface area contributed by atoms with Gasteiger partial charge >= 0.3 is 0 Å². The van der Waals surface area contributed by atoms with E-state index < -0.39 is 5.82 Å². The van der Waals surface area contributed by atoms with Gasteiger partial charge in [-0.15, -0.1) is 0 Å². The summed E-state index contributed by atoms with van der Waals surface area (Å²) in [6, 6.07) is 2.73. The number of aromatic hydroxyl groups is 1. The van der Waals surface area contributed by atoms with Gasteiger partial charge < -0.3 is 15.6 Å². The Balaban J connectivity index is 2.45. The van der Waals surface area contributed by atoms with Gasteiger partial charge in [-0.1, -0.05) is 19.3 Å². The number of phenols is 1. The Hall–Kier alpha value is -1.29. The minimum absolute atomic E-state index is 0.0687. The number of methoxy groups -OCH3 is 1. The number of benzene rings is 1. The maximum absolute atomic E-state index is 13.8. The van der Waals surface area contributed by atoms with E-state index in [2.05, 4.69) is 0 Å². The van der Waals surface area contributed by atoms with Crippen LogP contribution >= 0.6 is 0 Å². The third-order valence-corrected chi connectivity index (χ3v) is 4.04. The Bertz CT molecular complexity index is 428. The molecule has 0 aliphatic heterocycles. The van der Waals surface area contributed by atoms with Crippen molar-refractivity contribution in [1.82, 2.24) is 0 Å². The van der Waals surface area contributed by atoms with Crippen molar-refractivity contribution in [1.29, 1.82) is 0 Å². The van der Waals surface area contributed by atoms with Crippen molar-refractivity contribution < 1.29 is 14.2 Å². The molecule has 1 aromatic rings. The zero-order chi connectivity index (χ0) is 13.2. The van der Waals surface area contributed by atoms with E-state index in [9.17, 15) is 9.50 Å². The summed E-state index contributed by atoms with van der Waals surface area (Å²) in [6.07, 6.45) is 5.14. The molecule has 3 nitrogen and oxygen atoms in total. The number of phenolic OH excluding ortho intramolecular Hbond substituents is 1. The monoisotopic (exact) mass is 253 g/mol. The van der Waals surface area contributed by atoms with E-state index in [-0.39, 0.29) is 16.9 Å². The summed E-state index contributed by atoms with van der Waals surface area (Å²) in [4.78, 5) is 0. The lowest BCUT2D eigenvalue weighted by Gasteiger charge is -2.37. The van der Waals surface area contributed by atoms with Crippen LogP contribution in [0.2, 0.25) is 0 Å². The Kier molecular flexibility index (Phi) is 3.76. The largest absolute Gasteiger partial charge is 0.508 e. The second kappa shape index (κ2) is 5.14. The smallest absolute Gasteiger partial charge is 0.165 e. The lowest BCUT2D eigenvalue weighted by Crippen LogP contribution is -2.37. The van der Waals surface area contributed by atoms with Crippen LogP contribution in [0.3, 0.4) is 0 Å². The molecule has 2 rings (SSSR count). The number of hydrogen-bond acceptors (Lipinski definition) is 3. The van der Waals surface area contributed by atoms with Gasteiger partial charge in [-0.05, 0) is 18.9 Å². The molecule has 1 aromatic carbocycles. The van der Waals surface area contributed by atoms with Crippen LogP contribution < -0.4 is 10.5 Å². The summed E-state index contributed by atoms with van der Waals surface area (Å²) >= 11 is 0. The zero-order valence-electron chi connectivity index (χ0n) is 10.7. The fraction of sp³-hybridized carbons (Fsp3) is 0.571. The molecule has 0 amide bonds. The number of ether oxygens (including phenoxy) is 1. The summed E-state index contributed by atoms with van der Waals surface area (Å²) in [7, 11) is 1.39. The summed E-state index contributed by atoms with van der Waals surface area (Å²) < 4.78 is 18.7. The van der Waals surface area contributed by atoms with E-state index in [1.807, 2.05) is 0 Å². The van der Waals surface area contributed by atoms with Crippen molar-refractivity contribution in [2.24, 2.45) is 5.73 Å². The van der Waals surface area contributed by atoms with E-state index in [0.717, 1.165) is 25.7 Å². The topological polar surface area (TPSA) is 55.5 Å². The summed E-state index contributed by atoms with van der Waals surface area (Å²) in [5.41, 5.74) is 6.24. The molecule has 0 aromatic heterocycles. The highest BCUT2D eigenvalue weighted by molar-refractivity contribution is 5.45. The van der Waals surface area contributed by atoms with Crippen molar-refractivity contribution in [2.75, 3.05) is 13.7 Å². The van der Waals surface area contributed by atoms with E-state index in [0.29, 0.717) is 12.1 Å². The van der Waals surface area contributed by atoms with Gasteiger partial charge in [0.15, 0.2) is 11.6 Å². The van der Waals surface area contributed by atoms with Gasteiger partial charge in [-0.25, -0.2) is 4.39 Å². The second-order valence-electron chi connectivity index (χ2n) is 5.05. The normalized spacial score (nSPS) is 18.6. The third-order valence-electron chi connectivity index (χ3n) is 4.04. The van der Waals surface area contributed by atoms with Gasteiger partial charge in [0.25, 0.3) is 0 Å². The van der Waals surface area contributed by atoms with Crippen LogP contribution in [0.25, 0.3) is 0 Å². The highest BCUT2D eigenvalue weighted by atomic mass is 19.1. The molecule has 0 radical (unpaired) electrons. The molecular formula is C14H20FNO2. The van der Waals surface area contributed by atoms with Crippen molar-refractivity contribution in [3.05, 3.63) is 23.5 Å². The fourth-order valence-corrected chi connectivity index (χ4v) is 2.94. The third kappa shape index (κ3) is 2.17. The quantitative estimate of drug-likeness (QED) is 0.870. The summed E-state index contributed by atoms with van der Waals surface area (Å²) in [6.45, 7) is 0.437. The SMILES string of the molecule is COc1cc(O)c(C2(CN)CCCCC2)cc1F. The molecule has 0 saturated heterocycles. The summed E-state index contributed by atoms with van der Waals surface area (Å²) in [5.74, 6) is -0.288. The second-order valence-corrected chi connectivity index (χ2v) is 5.05. The van der Waals surface area contributed by atoms with E-state index in [1.165, 1.54) is 25.7 Å². The van der Waals surface area contributed by atoms with Gasteiger partial charge in [0.1, 0.15) is 5.75 Å². The lowest BCUT2D eigenvalue weighted by atomic mass is 9.69. The molecule has 0 unspecified atom stereocenters. The maximum Gasteiger partial charge on any atom is 0.165 e. The predicted molar refractivity (Wildman–Crippen MR) is 68.4 cm³/mol. The molecule has 1 aliphatic carbocycles. The van der Waals surface area contributed by atoms with Crippen molar-refractivity contribution in [2.45, 2.75) is 37.5 Å². The molecule has 1 fully saturated rings.